The van der Waals surface area contributed by atoms with Crippen LogP contribution in [0.15, 0.2) is 42.6 Å². The Labute approximate surface area is 159 Å². The number of hydrogen-bond acceptors (Lipinski definition) is 3. The first kappa shape index (κ1) is 17.5. The summed E-state index contributed by atoms with van der Waals surface area (Å²) in [5, 5.41) is 4.08. The molecule has 1 amide bonds. The summed E-state index contributed by atoms with van der Waals surface area (Å²) >= 11 is 5.97. The summed E-state index contributed by atoms with van der Waals surface area (Å²) in [6.07, 6.45) is 1.73. The number of amides is 1. The molecule has 0 saturated carbocycles. The van der Waals surface area contributed by atoms with Crippen molar-refractivity contribution in [3.8, 4) is 0 Å². The molecule has 2 N–H and O–H groups in total. The van der Waals surface area contributed by atoms with Crippen molar-refractivity contribution in [3.63, 3.8) is 0 Å². The first-order chi connectivity index (χ1) is 13.0. The number of ether oxygens (including phenoxy) is 1. The molecule has 0 fully saturated rings. The number of carbonyl (C=O) groups excluding carboxylic acids is 2. The second kappa shape index (κ2) is 7.04. The number of hydrogen-bond donors (Lipinski definition) is 2. The highest BCUT2D eigenvalue weighted by Gasteiger charge is 2.31. The summed E-state index contributed by atoms with van der Waals surface area (Å²) in [6, 6.07) is 9.43. The molecule has 0 aliphatic carbocycles. The highest BCUT2D eigenvalue weighted by atomic mass is 35.5. The van der Waals surface area contributed by atoms with E-state index in [-0.39, 0.29) is 18.1 Å². The van der Waals surface area contributed by atoms with Gasteiger partial charge in [-0.3, -0.25) is 4.79 Å². The average Bonchev–Trinajstić information content (AvgIpc) is 3.03. The van der Waals surface area contributed by atoms with Crippen molar-refractivity contribution in [3.05, 3.63) is 70.1 Å². The third-order valence-corrected chi connectivity index (χ3v) is 4.89. The lowest BCUT2D eigenvalue weighted by Crippen LogP contribution is -2.42. The summed E-state index contributed by atoms with van der Waals surface area (Å²) in [7, 11) is 0. The smallest absolute Gasteiger partial charge is 0.339 e. The van der Waals surface area contributed by atoms with E-state index < -0.39 is 12.1 Å². The first-order valence-electron chi connectivity index (χ1n) is 8.54. The molecule has 27 heavy (non-hydrogen) atoms. The van der Waals surface area contributed by atoms with E-state index >= 15 is 0 Å². The van der Waals surface area contributed by atoms with E-state index in [1.807, 2.05) is 0 Å². The van der Waals surface area contributed by atoms with Crippen molar-refractivity contribution >= 4 is 34.4 Å². The van der Waals surface area contributed by atoms with Crippen molar-refractivity contribution in [2.75, 3.05) is 6.54 Å². The lowest BCUT2D eigenvalue weighted by molar-refractivity contribution is -0.130. The summed E-state index contributed by atoms with van der Waals surface area (Å²) in [5.41, 5.74) is 2.88. The molecule has 138 valence electrons. The van der Waals surface area contributed by atoms with Crippen LogP contribution in [0.1, 0.15) is 21.5 Å². The number of esters is 1. The minimum Gasteiger partial charge on any atom is -0.448 e. The van der Waals surface area contributed by atoms with Crippen molar-refractivity contribution in [2.45, 2.75) is 18.9 Å². The number of halogens is 2. The minimum atomic E-state index is -0.885. The van der Waals surface area contributed by atoms with Crippen LogP contribution in [0.4, 0.5) is 4.39 Å². The van der Waals surface area contributed by atoms with Gasteiger partial charge in [0.25, 0.3) is 5.91 Å². The average molecular weight is 387 g/mol. The Hall–Kier alpha value is -2.86. The summed E-state index contributed by atoms with van der Waals surface area (Å²) < 4.78 is 18.7. The van der Waals surface area contributed by atoms with Crippen LogP contribution in [-0.4, -0.2) is 29.5 Å². The second-order valence-corrected chi connectivity index (χ2v) is 6.88. The number of rotatable bonds is 4. The van der Waals surface area contributed by atoms with Crippen LogP contribution in [0.3, 0.4) is 0 Å². The lowest BCUT2D eigenvalue weighted by atomic mass is 9.98. The van der Waals surface area contributed by atoms with Crippen molar-refractivity contribution in [1.29, 1.82) is 0 Å². The number of fused-ring (bicyclic) bond motifs is 2. The molecule has 1 aliphatic heterocycles. The maximum atomic E-state index is 13.4. The quantitative estimate of drug-likeness (QED) is 0.675. The Morgan fingerprint density at radius 1 is 1.30 bits per heavy atom. The molecule has 5 nitrogen and oxygen atoms in total. The van der Waals surface area contributed by atoms with Crippen LogP contribution < -0.4 is 5.32 Å². The normalized spacial score (nSPS) is 16.1. The molecule has 7 heteroatoms. The SMILES string of the molecule is O=C1OC(C(=O)NCCc2c[nH]c3ccc(F)cc23)Cc2cc(Cl)ccc21. The standard InChI is InChI=1S/C20H16ClFN2O3/c21-13-1-3-15-12(7-13)8-18(27-20(15)26)19(25)23-6-5-11-10-24-17-4-2-14(22)9-16(11)17/h1-4,7,9-10,18,24H,5-6,8H2,(H,23,25). The van der Waals surface area contributed by atoms with Gasteiger partial charge in [-0.25, -0.2) is 9.18 Å². The van der Waals surface area contributed by atoms with E-state index in [1.54, 1.807) is 30.5 Å². The maximum Gasteiger partial charge on any atom is 0.339 e. The fraction of sp³-hybridized carbons (Fsp3) is 0.200. The maximum absolute atomic E-state index is 13.4. The molecule has 0 spiro atoms. The third-order valence-electron chi connectivity index (χ3n) is 4.66. The van der Waals surface area contributed by atoms with Gasteiger partial charge in [0, 0.05) is 35.1 Å². The van der Waals surface area contributed by atoms with E-state index in [2.05, 4.69) is 10.3 Å². The minimum absolute atomic E-state index is 0.283. The zero-order valence-corrected chi connectivity index (χ0v) is 15.0. The molecule has 0 radical (unpaired) electrons. The predicted octanol–water partition coefficient (Wildman–Crippen LogP) is 3.40. The van der Waals surface area contributed by atoms with Gasteiger partial charge in [0.2, 0.25) is 0 Å². The zero-order valence-electron chi connectivity index (χ0n) is 14.2. The topological polar surface area (TPSA) is 71.2 Å². The molecule has 0 bridgehead atoms. The van der Waals surface area contributed by atoms with Crippen molar-refractivity contribution in [1.82, 2.24) is 10.3 Å². The van der Waals surface area contributed by atoms with Gasteiger partial charge in [-0.1, -0.05) is 11.6 Å². The molecule has 4 rings (SSSR count). The van der Waals surface area contributed by atoms with Gasteiger partial charge in [-0.2, -0.15) is 0 Å². The van der Waals surface area contributed by atoms with Crippen LogP contribution in [0.25, 0.3) is 10.9 Å². The molecule has 1 unspecified atom stereocenters. The molecule has 1 aliphatic rings. The highest BCUT2D eigenvalue weighted by Crippen LogP contribution is 2.24. The molecule has 0 saturated heterocycles. The van der Waals surface area contributed by atoms with Crippen molar-refractivity contribution in [2.24, 2.45) is 0 Å². The number of carbonyl (C=O) groups is 2. The Balaban J connectivity index is 1.39. The summed E-state index contributed by atoms with van der Waals surface area (Å²) in [4.78, 5) is 27.5. The second-order valence-electron chi connectivity index (χ2n) is 6.44. The number of aromatic amines is 1. The highest BCUT2D eigenvalue weighted by molar-refractivity contribution is 6.30. The van der Waals surface area contributed by atoms with Gasteiger partial charge in [-0.15, -0.1) is 0 Å². The molecular formula is C20H16ClFN2O3. The van der Waals surface area contributed by atoms with Crippen LogP contribution in [0, 0.1) is 5.82 Å². The fourth-order valence-corrected chi connectivity index (χ4v) is 3.50. The van der Waals surface area contributed by atoms with Crippen LogP contribution in [-0.2, 0) is 22.4 Å². The summed E-state index contributed by atoms with van der Waals surface area (Å²) in [5.74, 6) is -1.20. The third kappa shape index (κ3) is 3.53. The summed E-state index contributed by atoms with van der Waals surface area (Å²) in [6.45, 7) is 0.346. The van der Waals surface area contributed by atoms with Gasteiger partial charge >= 0.3 is 5.97 Å². The van der Waals surface area contributed by atoms with E-state index in [1.165, 1.54) is 12.1 Å². The van der Waals surface area contributed by atoms with Crippen LogP contribution >= 0.6 is 11.6 Å². The predicted molar refractivity (Wildman–Crippen MR) is 99.3 cm³/mol. The van der Waals surface area contributed by atoms with Gasteiger partial charge in [0.05, 0.1) is 5.56 Å². The molecule has 2 aromatic carbocycles. The fourth-order valence-electron chi connectivity index (χ4n) is 3.30. The van der Waals surface area contributed by atoms with Gasteiger partial charge in [0.15, 0.2) is 6.10 Å². The number of nitrogens with one attached hydrogen (secondary N) is 2. The Morgan fingerprint density at radius 3 is 3.00 bits per heavy atom. The zero-order chi connectivity index (χ0) is 19.0. The van der Waals surface area contributed by atoms with E-state index in [4.69, 9.17) is 16.3 Å². The number of aromatic nitrogens is 1. The van der Waals surface area contributed by atoms with Gasteiger partial charge in [0.1, 0.15) is 5.82 Å². The van der Waals surface area contributed by atoms with E-state index in [9.17, 15) is 14.0 Å². The van der Waals surface area contributed by atoms with Gasteiger partial charge < -0.3 is 15.0 Å². The van der Waals surface area contributed by atoms with Crippen LogP contribution in [0.2, 0.25) is 5.02 Å². The van der Waals surface area contributed by atoms with E-state index in [0.29, 0.717) is 29.1 Å². The molecule has 1 aromatic heterocycles. The Morgan fingerprint density at radius 2 is 2.15 bits per heavy atom. The molecular weight excluding hydrogens is 371 g/mol. The molecule has 3 aromatic rings. The van der Waals surface area contributed by atoms with Crippen LogP contribution in [0.5, 0.6) is 0 Å². The largest absolute Gasteiger partial charge is 0.448 e. The van der Waals surface area contributed by atoms with Crippen molar-refractivity contribution < 1.29 is 18.7 Å². The van der Waals surface area contributed by atoms with Gasteiger partial charge in [-0.05, 0) is 53.9 Å². The monoisotopic (exact) mass is 386 g/mol. The number of benzene rings is 2. The number of H-pyrrole nitrogens is 1. The number of cyclic esters (lactones) is 1. The lowest BCUT2D eigenvalue weighted by Gasteiger charge is -2.24. The molecule has 1 atom stereocenters. The first-order valence-corrected chi connectivity index (χ1v) is 8.92. The Kier molecular flexibility index (Phi) is 4.58. The molecule has 2 heterocycles. The van der Waals surface area contributed by atoms with E-state index in [0.717, 1.165) is 16.5 Å². The Bertz CT molecular complexity index is 1050.